The molecule has 0 unspecified atom stereocenters. The van der Waals surface area contributed by atoms with Crippen LogP contribution in [-0.4, -0.2) is 44.4 Å². The van der Waals surface area contributed by atoms with Gasteiger partial charge in [0, 0.05) is 19.6 Å². The van der Waals surface area contributed by atoms with Crippen LogP contribution >= 0.6 is 23.1 Å². The molecular weight excluding hydrogens is 342 g/mol. The maximum absolute atomic E-state index is 12.4. The third-order valence-electron chi connectivity index (χ3n) is 3.88. The minimum absolute atomic E-state index is 0.0123. The second-order valence-electron chi connectivity index (χ2n) is 5.81. The Bertz CT molecular complexity index is 745. The van der Waals surface area contributed by atoms with Crippen LogP contribution < -0.4 is 0 Å². The Morgan fingerprint density at radius 2 is 2.38 bits per heavy atom. The third-order valence-corrected chi connectivity index (χ3v) is 5.79. The van der Waals surface area contributed by atoms with Crippen molar-refractivity contribution in [3.63, 3.8) is 0 Å². The van der Waals surface area contributed by atoms with Crippen molar-refractivity contribution in [2.45, 2.75) is 42.6 Å². The average molecular weight is 361 g/mol. The summed E-state index contributed by atoms with van der Waals surface area (Å²) in [4.78, 5) is 15.1. The average Bonchev–Trinajstić information content (AvgIpc) is 3.10. The van der Waals surface area contributed by atoms with E-state index in [0.29, 0.717) is 19.0 Å². The summed E-state index contributed by atoms with van der Waals surface area (Å²) in [6, 6.07) is 6.57. The van der Waals surface area contributed by atoms with E-state index < -0.39 is 0 Å². The van der Waals surface area contributed by atoms with Gasteiger partial charge in [0.05, 0.1) is 22.6 Å². The second-order valence-corrected chi connectivity index (χ2v) is 8.07. The second kappa shape index (κ2) is 7.36. The molecule has 1 fully saturated rings. The van der Waals surface area contributed by atoms with E-state index in [2.05, 4.69) is 20.8 Å². The lowest BCUT2D eigenvalue weighted by molar-refractivity contribution is -0.128. The molecule has 0 aromatic carbocycles. The van der Waals surface area contributed by atoms with Crippen LogP contribution in [0.5, 0.6) is 0 Å². The van der Waals surface area contributed by atoms with Gasteiger partial charge in [0.15, 0.2) is 11.0 Å². The highest BCUT2D eigenvalue weighted by atomic mass is 32.2. The van der Waals surface area contributed by atoms with Crippen LogP contribution in [0.25, 0.3) is 10.7 Å². The SMILES string of the molecule is C[C@@H](Sc1nnc(-c2cccs2)n1C1CC1)C(=O)N(C)CCC#N. The normalized spacial score (nSPS) is 15.0. The zero-order valence-corrected chi connectivity index (χ0v) is 15.3. The molecule has 1 amide bonds. The van der Waals surface area contributed by atoms with Crippen LogP contribution in [0.3, 0.4) is 0 Å². The van der Waals surface area contributed by atoms with Gasteiger partial charge >= 0.3 is 0 Å². The van der Waals surface area contributed by atoms with Crippen molar-refractivity contribution in [2.75, 3.05) is 13.6 Å². The van der Waals surface area contributed by atoms with E-state index in [4.69, 9.17) is 5.26 Å². The molecule has 0 aliphatic heterocycles. The zero-order valence-electron chi connectivity index (χ0n) is 13.7. The van der Waals surface area contributed by atoms with E-state index in [9.17, 15) is 4.79 Å². The Morgan fingerprint density at radius 1 is 1.58 bits per heavy atom. The molecule has 8 heteroatoms. The summed E-state index contributed by atoms with van der Waals surface area (Å²) >= 11 is 3.10. The van der Waals surface area contributed by atoms with Gasteiger partial charge in [-0.15, -0.1) is 21.5 Å². The topological polar surface area (TPSA) is 74.8 Å². The number of thiophene rings is 1. The van der Waals surface area contributed by atoms with Gasteiger partial charge in [0.1, 0.15) is 0 Å². The fraction of sp³-hybridized carbons (Fsp3) is 0.500. The molecule has 0 spiro atoms. The van der Waals surface area contributed by atoms with Gasteiger partial charge in [-0.3, -0.25) is 9.36 Å². The highest BCUT2D eigenvalue weighted by molar-refractivity contribution is 8.00. The fourth-order valence-electron chi connectivity index (χ4n) is 2.44. The summed E-state index contributed by atoms with van der Waals surface area (Å²) in [5.41, 5.74) is 0. The molecule has 1 atom stereocenters. The molecular formula is C16H19N5OS2. The van der Waals surface area contributed by atoms with E-state index in [1.165, 1.54) is 11.8 Å². The zero-order chi connectivity index (χ0) is 17.1. The van der Waals surface area contributed by atoms with Crippen molar-refractivity contribution >= 4 is 29.0 Å². The van der Waals surface area contributed by atoms with Crippen molar-refractivity contribution in [1.82, 2.24) is 19.7 Å². The van der Waals surface area contributed by atoms with Gasteiger partial charge in [-0.1, -0.05) is 17.8 Å². The number of carbonyl (C=O) groups is 1. The third kappa shape index (κ3) is 3.62. The van der Waals surface area contributed by atoms with Gasteiger partial charge in [-0.05, 0) is 31.2 Å². The summed E-state index contributed by atoms with van der Waals surface area (Å²) in [5, 5.41) is 19.9. The minimum Gasteiger partial charge on any atom is -0.344 e. The van der Waals surface area contributed by atoms with E-state index in [1.54, 1.807) is 23.3 Å². The van der Waals surface area contributed by atoms with Gasteiger partial charge in [-0.25, -0.2) is 0 Å². The Hall–Kier alpha value is -1.85. The first kappa shape index (κ1) is 17.0. The van der Waals surface area contributed by atoms with Gasteiger partial charge in [0.2, 0.25) is 5.91 Å². The maximum atomic E-state index is 12.4. The van der Waals surface area contributed by atoms with Crippen molar-refractivity contribution in [3.8, 4) is 16.8 Å². The molecule has 1 aliphatic rings. The highest BCUT2D eigenvalue weighted by Crippen LogP contribution is 2.42. The molecule has 0 radical (unpaired) electrons. The van der Waals surface area contributed by atoms with E-state index >= 15 is 0 Å². The molecule has 24 heavy (non-hydrogen) atoms. The number of nitrogens with zero attached hydrogens (tertiary/aromatic N) is 5. The molecule has 2 heterocycles. The number of rotatable bonds is 7. The van der Waals surface area contributed by atoms with Gasteiger partial charge in [-0.2, -0.15) is 5.26 Å². The predicted molar refractivity (Wildman–Crippen MR) is 94.8 cm³/mol. The summed E-state index contributed by atoms with van der Waals surface area (Å²) in [6.07, 6.45) is 2.61. The fourth-order valence-corrected chi connectivity index (χ4v) is 4.18. The lowest BCUT2D eigenvalue weighted by Gasteiger charge is -2.20. The molecule has 0 N–H and O–H groups in total. The molecule has 1 saturated carbocycles. The number of hydrogen-bond acceptors (Lipinski definition) is 6. The minimum atomic E-state index is -0.258. The quantitative estimate of drug-likeness (QED) is 0.708. The summed E-state index contributed by atoms with van der Waals surface area (Å²) in [5.74, 6) is 0.908. The number of carbonyl (C=O) groups excluding carboxylic acids is 1. The molecule has 0 bridgehead atoms. The standard InChI is InChI=1S/C16H19N5OS2/c1-11(15(22)20(2)9-4-8-17)24-16-19-18-14(13-5-3-10-23-13)21(16)12-6-7-12/h3,5,10-12H,4,6-7,9H2,1-2H3/t11-/m1/s1. The molecule has 1 aliphatic carbocycles. The lowest BCUT2D eigenvalue weighted by atomic mass is 10.3. The maximum Gasteiger partial charge on any atom is 0.235 e. The van der Waals surface area contributed by atoms with Crippen molar-refractivity contribution in [1.29, 1.82) is 5.26 Å². The monoisotopic (exact) mass is 361 g/mol. The first-order valence-corrected chi connectivity index (χ1v) is 9.65. The van der Waals surface area contributed by atoms with Crippen molar-refractivity contribution < 1.29 is 4.79 Å². The van der Waals surface area contributed by atoms with Crippen LogP contribution in [0.2, 0.25) is 0 Å². The Labute approximate surface area is 149 Å². The summed E-state index contributed by atoms with van der Waals surface area (Å²) < 4.78 is 2.18. The highest BCUT2D eigenvalue weighted by Gasteiger charge is 2.32. The summed E-state index contributed by atoms with van der Waals surface area (Å²) in [7, 11) is 1.74. The molecule has 2 aromatic heterocycles. The van der Waals surface area contributed by atoms with Crippen LogP contribution in [0.15, 0.2) is 22.7 Å². The van der Waals surface area contributed by atoms with Crippen LogP contribution in [0, 0.1) is 11.3 Å². The molecule has 2 aromatic rings. The number of hydrogen-bond donors (Lipinski definition) is 0. The molecule has 126 valence electrons. The first-order valence-electron chi connectivity index (χ1n) is 7.89. The van der Waals surface area contributed by atoms with E-state index in [-0.39, 0.29) is 11.2 Å². The van der Waals surface area contributed by atoms with Gasteiger partial charge < -0.3 is 4.90 Å². The number of nitriles is 1. The van der Waals surface area contributed by atoms with Crippen molar-refractivity contribution in [3.05, 3.63) is 17.5 Å². The molecule has 3 rings (SSSR count). The molecule has 6 nitrogen and oxygen atoms in total. The first-order chi connectivity index (χ1) is 11.6. The number of amides is 1. The van der Waals surface area contributed by atoms with Gasteiger partial charge in [0.25, 0.3) is 0 Å². The van der Waals surface area contributed by atoms with E-state index in [1.807, 2.05) is 24.4 Å². The van der Waals surface area contributed by atoms with E-state index in [0.717, 1.165) is 28.7 Å². The Balaban J connectivity index is 1.76. The lowest BCUT2D eigenvalue weighted by Crippen LogP contribution is -2.34. The smallest absolute Gasteiger partial charge is 0.235 e. The predicted octanol–water partition coefficient (Wildman–Crippen LogP) is 3.19. The Kier molecular flexibility index (Phi) is 5.21. The van der Waals surface area contributed by atoms with Crippen LogP contribution in [-0.2, 0) is 4.79 Å². The molecule has 0 saturated heterocycles. The Morgan fingerprint density at radius 3 is 3.00 bits per heavy atom. The van der Waals surface area contributed by atoms with Crippen LogP contribution in [0.4, 0.5) is 0 Å². The largest absolute Gasteiger partial charge is 0.344 e. The summed E-state index contributed by atoms with van der Waals surface area (Å²) in [6.45, 7) is 2.34. The van der Waals surface area contributed by atoms with Crippen LogP contribution in [0.1, 0.15) is 32.2 Å². The number of thioether (sulfide) groups is 1. The number of aromatic nitrogens is 3. The van der Waals surface area contributed by atoms with Crippen molar-refractivity contribution in [2.24, 2.45) is 0 Å².